The Hall–Kier alpha value is -1.04. The molecule has 19 heavy (non-hydrogen) atoms. The van der Waals surface area contributed by atoms with Crippen LogP contribution in [0, 0.1) is 5.82 Å². The Kier molecular flexibility index (Phi) is 6.34. The summed E-state index contributed by atoms with van der Waals surface area (Å²) in [6.45, 7) is 6.31. The maximum absolute atomic E-state index is 13.5. The number of nitrogens with zero attached hydrogens (tertiary/aromatic N) is 1. The van der Waals surface area contributed by atoms with E-state index in [0.29, 0.717) is 18.7 Å². The number of halogens is 1. The molecule has 0 amide bonds. The number of hydrogen-bond donors (Lipinski definition) is 1. The molecule has 0 saturated heterocycles. The van der Waals surface area contributed by atoms with Crippen molar-refractivity contribution in [2.45, 2.75) is 26.4 Å². The normalized spacial score (nSPS) is 12.7. The lowest BCUT2D eigenvalue weighted by Crippen LogP contribution is -2.35. The smallest absolute Gasteiger partial charge is 0.124 e. The van der Waals surface area contributed by atoms with Crippen molar-refractivity contribution < 1.29 is 9.13 Å². The first-order valence-electron chi connectivity index (χ1n) is 6.30. The zero-order valence-electron chi connectivity index (χ0n) is 11.6. The van der Waals surface area contributed by atoms with E-state index in [-0.39, 0.29) is 16.8 Å². The Morgan fingerprint density at radius 3 is 2.68 bits per heavy atom. The maximum Gasteiger partial charge on any atom is 0.124 e. The highest BCUT2D eigenvalue weighted by Crippen LogP contribution is 2.13. The second-order valence-electron chi connectivity index (χ2n) is 4.58. The SMILES string of the molecule is CCN(Cc1cc(F)cc(C(N)=S)c1)C(C)COC. The van der Waals surface area contributed by atoms with Crippen LogP contribution in [0.4, 0.5) is 4.39 Å². The van der Waals surface area contributed by atoms with Crippen LogP contribution in [0.3, 0.4) is 0 Å². The van der Waals surface area contributed by atoms with Gasteiger partial charge in [0.1, 0.15) is 10.8 Å². The average Bonchev–Trinajstić information content (AvgIpc) is 2.35. The lowest BCUT2D eigenvalue weighted by molar-refractivity contribution is 0.0981. The van der Waals surface area contributed by atoms with Crippen molar-refractivity contribution in [3.8, 4) is 0 Å². The Morgan fingerprint density at radius 2 is 2.16 bits per heavy atom. The van der Waals surface area contributed by atoms with Gasteiger partial charge in [0.05, 0.1) is 6.61 Å². The van der Waals surface area contributed by atoms with Gasteiger partial charge in [0.2, 0.25) is 0 Å². The molecule has 0 spiro atoms. The first-order valence-corrected chi connectivity index (χ1v) is 6.71. The molecule has 0 aliphatic carbocycles. The molecule has 0 radical (unpaired) electrons. The Bertz CT molecular complexity index is 439. The number of hydrogen-bond acceptors (Lipinski definition) is 3. The third-order valence-electron chi connectivity index (χ3n) is 3.07. The minimum Gasteiger partial charge on any atom is -0.389 e. The number of rotatable bonds is 7. The molecular weight excluding hydrogens is 263 g/mol. The third-order valence-corrected chi connectivity index (χ3v) is 3.30. The lowest BCUT2D eigenvalue weighted by atomic mass is 10.1. The summed E-state index contributed by atoms with van der Waals surface area (Å²) >= 11 is 4.89. The Morgan fingerprint density at radius 1 is 1.47 bits per heavy atom. The summed E-state index contributed by atoms with van der Waals surface area (Å²) < 4.78 is 18.7. The second kappa shape index (κ2) is 7.53. The van der Waals surface area contributed by atoms with Crippen LogP contribution in [0.25, 0.3) is 0 Å². The van der Waals surface area contributed by atoms with Crippen molar-refractivity contribution in [3.05, 3.63) is 35.1 Å². The minimum absolute atomic E-state index is 0.216. The fraction of sp³-hybridized carbons (Fsp3) is 0.500. The van der Waals surface area contributed by atoms with Gasteiger partial charge in [0, 0.05) is 25.3 Å². The Labute approximate surface area is 119 Å². The van der Waals surface area contributed by atoms with E-state index in [1.807, 2.05) is 6.07 Å². The third kappa shape index (κ3) is 4.86. The molecular formula is C14H21FN2OS. The summed E-state index contributed by atoms with van der Waals surface area (Å²) in [7, 11) is 1.68. The van der Waals surface area contributed by atoms with Gasteiger partial charge in [-0.15, -0.1) is 0 Å². The van der Waals surface area contributed by atoms with E-state index < -0.39 is 0 Å². The second-order valence-corrected chi connectivity index (χ2v) is 5.02. The minimum atomic E-state index is -0.309. The monoisotopic (exact) mass is 284 g/mol. The van der Waals surface area contributed by atoms with E-state index in [4.69, 9.17) is 22.7 Å². The quantitative estimate of drug-likeness (QED) is 0.780. The number of nitrogens with two attached hydrogens (primary N) is 1. The standard InChI is InChI=1S/C14H21FN2OS/c1-4-17(10(2)9-18-3)8-11-5-12(14(16)19)7-13(15)6-11/h5-7,10H,4,8-9H2,1-3H3,(H2,16,19). The van der Waals surface area contributed by atoms with Crippen LogP contribution < -0.4 is 5.73 Å². The largest absolute Gasteiger partial charge is 0.389 e. The zero-order valence-corrected chi connectivity index (χ0v) is 12.5. The van der Waals surface area contributed by atoms with Crippen LogP contribution in [0.2, 0.25) is 0 Å². The van der Waals surface area contributed by atoms with Gasteiger partial charge in [0.15, 0.2) is 0 Å². The summed E-state index contributed by atoms with van der Waals surface area (Å²) in [4.78, 5) is 2.43. The van der Waals surface area contributed by atoms with Crippen LogP contribution in [0.5, 0.6) is 0 Å². The highest BCUT2D eigenvalue weighted by atomic mass is 32.1. The topological polar surface area (TPSA) is 38.5 Å². The van der Waals surface area contributed by atoms with Gasteiger partial charge in [-0.05, 0) is 37.2 Å². The fourth-order valence-electron chi connectivity index (χ4n) is 2.04. The van der Waals surface area contributed by atoms with Crippen molar-refractivity contribution in [3.63, 3.8) is 0 Å². The molecule has 0 aliphatic heterocycles. The summed E-state index contributed by atoms with van der Waals surface area (Å²) in [5, 5.41) is 0. The van der Waals surface area contributed by atoms with Crippen molar-refractivity contribution in [1.82, 2.24) is 4.90 Å². The summed E-state index contributed by atoms with van der Waals surface area (Å²) in [5.41, 5.74) is 6.99. The van der Waals surface area contributed by atoms with Crippen molar-refractivity contribution in [1.29, 1.82) is 0 Å². The van der Waals surface area contributed by atoms with Gasteiger partial charge in [-0.1, -0.05) is 19.1 Å². The average molecular weight is 284 g/mol. The van der Waals surface area contributed by atoms with E-state index in [0.717, 1.165) is 12.1 Å². The van der Waals surface area contributed by atoms with Crippen molar-refractivity contribution in [2.75, 3.05) is 20.3 Å². The van der Waals surface area contributed by atoms with Crippen LogP contribution in [-0.4, -0.2) is 36.2 Å². The molecule has 0 saturated carbocycles. The maximum atomic E-state index is 13.5. The van der Waals surface area contributed by atoms with E-state index in [1.54, 1.807) is 7.11 Å². The summed E-state index contributed by atoms with van der Waals surface area (Å²) in [5.74, 6) is -0.309. The summed E-state index contributed by atoms with van der Waals surface area (Å²) in [6, 6.07) is 4.99. The van der Waals surface area contributed by atoms with Gasteiger partial charge in [-0.25, -0.2) is 4.39 Å². The van der Waals surface area contributed by atoms with Crippen molar-refractivity contribution >= 4 is 17.2 Å². The molecule has 0 aliphatic rings. The van der Waals surface area contributed by atoms with E-state index in [1.165, 1.54) is 12.1 Å². The molecule has 0 aromatic heterocycles. The van der Waals surface area contributed by atoms with Crippen LogP contribution in [-0.2, 0) is 11.3 Å². The molecule has 0 heterocycles. The molecule has 1 aromatic carbocycles. The number of methoxy groups -OCH3 is 1. The van der Waals surface area contributed by atoms with Gasteiger partial charge >= 0.3 is 0 Å². The van der Waals surface area contributed by atoms with E-state index >= 15 is 0 Å². The van der Waals surface area contributed by atoms with Gasteiger partial charge in [-0.2, -0.15) is 0 Å². The molecule has 1 rings (SSSR count). The molecule has 2 N–H and O–H groups in total. The zero-order chi connectivity index (χ0) is 14.4. The molecule has 106 valence electrons. The van der Waals surface area contributed by atoms with E-state index in [9.17, 15) is 4.39 Å². The number of benzene rings is 1. The number of ether oxygens (including phenoxy) is 1. The highest BCUT2D eigenvalue weighted by molar-refractivity contribution is 7.80. The summed E-state index contributed by atoms with van der Waals surface area (Å²) in [6.07, 6.45) is 0. The first kappa shape index (κ1) is 16.0. The first-order chi connectivity index (χ1) is 8.97. The molecule has 1 atom stereocenters. The number of thiocarbonyl (C=S) groups is 1. The highest BCUT2D eigenvalue weighted by Gasteiger charge is 2.13. The predicted molar refractivity (Wildman–Crippen MR) is 79.7 cm³/mol. The fourth-order valence-corrected chi connectivity index (χ4v) is 2.16. The van der Waals surface area contributed by atoms with Gasteiger partial charge in [-0.3, -0.25) is 4.90 Å². The van der Waals surface area contributed by atoms with Crippen LogP contribution >= 0.6 is 12.2 Å². The molecule has 1 unspecified atom stereocenters. The molecule has 0 bridgehead atoms. The predicted octanol–water partition coefficient (Wildman–Crippen LogP) is 2.32. The molecule has 0 fully saturated rings. The van der Waals surface area contributed by atoms with Crippen LogP contribution in [0.15, 0.2) is 18.2 Å². The van der Waals surface area contributed by atoms with Crippen molar-refractivity contribution in [2.24, 2.45) is 5.73 Å². The lowest BCUT2D eigenvalue weighted by Gasteiger charge is -2.27. The van der Waals surface area contributed by atoms with E-state index in [2.05, 4.69) is 18.7 Å². The van der Waals surface area contributed by atoms with Gasteiger partial charge < -0.3 is 10.5 Å². The van der Waals surface area contributed by atoms with Gasteiger partial charge in [0.25, 0.3) is 0 Å². The molecule has 1 aromatic rings. The molecule has 3 nitrogen and oxygen atoms in total. The number of likely N-dealkylation sites (N-methyl/N-ethyl adjacent to an activating group) is 1. The van der Waals surface area contributed by atoms with Crippen LogP contribution in [0.1, 0.15) is 25.0 Å². The molecule has 5 heteroatoms. The Balaban J connectivity index is 2.87.